The van der Waals surface area contributed by atoms with E-state index in [1.54, 1.807) is 60.7 Å². The molecule has 10 heteroatoms. The molecule has 0 bridgehead atoms. The van der Waals surface area contributed by atoms with Gasteiger partial charge in [-0.25, -0.2) is 8.42 Å². The van der Waals surface area contributed by atoms with Gasteiger partial charge in [0.05, 0.1) is 17.7 Å². The molecule has 1 N–H and O–H groups in total. The Labute approximate surface area is 270 Å². The number of rotatable bonds is 14. The quantitative estimate of drug-likeness (QED) is 0.179. The molecule has 4 aromatic carbocycles. The first-order valence-electron chi connectivity index (χ1n) is 14.7. The maximum Gasteiger partial charge on any atom is 0.264 e. The van der Waals surface area contributed by atoms with Gasteiger partial charge in [0.2, 0.25) is 11.8 Å². The number of nitrogens with one attached hydrogen (secondary N) is 1. The Bertz CT molecular complexity index is 1690. The van der Waals surface area contributed by atoms with Crippen molar-refractivity contribution in [2.45, 2.75) is 50.2 Å². The number of benzene rings is 4. The van der Waals surface area contributed by atoms with Crippen LogP contribution < -0.4 is 14.4 Å². The number of hydrogen-bond acceptors (Lipinski definition) is 5. The molecule has 45 heavy (non-hydrogen) atoms. The maximum atomic E-state index is 14.6. The lowest BCUT2D eigenvalue weighted by atomic mass is 10.0. The van der Waals surface area contributed by atoms with Crippen LogP contribution in [-0.4, -0.2) is 50.9 Å². The van der Waals surface area contributed by atoms with Crippen molar-refractivity contribution < 1.29 is 22.7 Å². The van der Waals surface area contributed by atoms with Crippen molar-refractivity contribution in [1.29, 1.82) is 0 Å². The Kier molecular flexibility index (Phi) is 11.6. The summed E-state index contributed by atoms with van der Waals surface area (Å²) in [4.78, 5) is 29.9. The van der Waals surface area contributed by atoms with Crippen molar-refractivity contribution in [3.8, 4) is 5.75 Å². The van der Waals surface area contributed by atoms with Crippen LogP contribution in [0.5, 0.6) is 5.75 Å². The van der Waals surface area contributed by atoms with Crippen LogP contribution in [0.2, 0.25) is 5.02 Å². The third-order valence-electron chi connectivity index (χ3n) is 7.48. The Morgan fingerprint density at radius 1 is 0.867 bits per heavy atom. The highest BCUT2D eigenvalue weighted by Gasteiger charge is 2.35. The van der Waals surface area contributed by atoms with Crippen molar-refractivity contribution in [1.82, 2.24) is 10.2 Å². The third kappa shape index (κ3) is 8.65. The molecule has 4 aromatic rings. The predicted molar refractivity (Wildman–Crippen MR) is 178 cm³/mol. The number of amides is 2. The molecule has 4 rings (SSSR count). The zero-order valence-corrected chi connectivity index (χ0v) is 27.2. The molecule has 2 amide bonds. The van der Waals surface area contributed by atoms with E-state index in [9.17, 15) is 18.0 Å². The summed E-state index contributed by atoms with van der Waals surface area (Å²) in [6.45, 7) is 3.30. The van der Waals surface area contributed by atoms with E-state index in [-0.39, 0.29) is 41.2 Å². The molecule has 0 unspecified atom stereocenters. The number of carbonyl (C=O) groups is 2. The second kappa shape index (κ2) is 15.6. The van der Waals surface area contributed by atoms with Crippen LogP contribution in [-0.2, 0) is 32.6 Å². The molecule has 0 fully saturated rings. The monoisotopic (exact) mass is 647 g/mol. The van der Waals surface area contributed by atoms with Gasteiger partial charge in [-0.2, -0.15) is 0 Å². The number of ether oxygens (including phenoxy) is 1. The third-order valence-corrected chi connectivity index (χ3v) is 9.49. The van der Waals surface area contributed by atoms with Gasteiger partial charge < -0.3 is 15.0 Å². The van der Waals surface area contributed by atoms with Gasteiger partial charge in [0.1, 0.15) is 18.3 Å². The summed E-state index contributed by atoms with van der Waals surface area (Å²) < 4.78 is 34.8. The largest absolute Gasteiger partial charge is 0.495 e. The van der Waals surface area contributed by atoms with E-state index < -0.39 is 28.5 Å². The van der Waals surface area contributed by atoms with E-state index >= 15 is 0 Å². The van der Waals surface area contributed by atoms with Crippen LogP contribution in [0.15, 0.2) is 114 Å². The lowest BCUT2D eigenvalue weighted by Crippen LogP contribution is -2.54. The van der Waals surface area contributed by atoms with Crippen molar-refractivity contribution in [2.24, 2.45) is 0 Å². The SMILES string of the molecule is CC[C@@H](C)NC(=O)[C@H](Cc1ccccc1)N(Cc1cccc(Cl)c1)C(=O)CN(c1ccccc1OC)S(=O)(=O)c1ccccc1. The lowest BCUT2D eigenvalue weighted by Gasteiger charge is -2.34. The fourth-order valence-corrected chi connectivity index (χ4v) is 6.55. The topological polar surface area (TPSA) is 96.0 Å². The molecule has 0 saturated carbocycles. The highest BCUT2D eigenvalue weighted by molar-refractivity contribution is 7.92. The van der Waals surface area contributed by atoms with E-state index in [2.05, 4.69) is 5.32 Å². The summed E-state index contributed by atoms with van der Waals surface area (Å²) in [6.07, 6.45) is 0.915. The summed E-state index contributed by atoms with van der Waals surface area (Å²) in [7, 11) is -2.80. The van der Waals surface area contributed by atoms with E-state index in [4.69, 9.17) is 16.3 Å². The summed E-state index contributed by atoms with van der Waals surface area (Å²) in [5, 5.41) is 3.51. The van der Waals surface area contributed by atoms with E-state index in [0.29, 0.717) is 17.0 Å². The Hall–Kier alpha value is -4.34. The minimum atomic E-state index is -4.24. The first kappa shape index (κ1) is 33.6. The number of methoxy groups -OCH3 is 1. The molecule has 0 spiro atoms. The molecule has 0 heterocycles. The van der Waals surface area contributed by atoms with Crippen LogP contribution in [0, 0.1) is 0 Å². The van der Waals surface area contributed by atoms with Gasteiger partial charge in [-0.1, -0.05) is 91.3 Å². The second-order valence-corrected chi connectivity index (χ2v) is 13.0. The van der Waals surface area contributed by atoms with Gasteiger partial charge in [0.25, 0.3) is 10.0 Å². The number of nitrogens with zero attached hydrogens (tertiary/aromatic N) is 2. The number of sulfonamides is 1. The Morgan fingerprint density at radius 2 is 1.49 bits per heavy atom. The number of hydrogen-bond donors (Lipinski definition) is 1. The van der Waals surface area contributed by atoms with Crippen LogP contribution in [0.3, 0.4) is 0 Å². The summed E-state index contributed by atoms with van der Waals surface area (Å²) in [5.41, 5.74) is 1.74. The molecule has 0 aliphatic heterocycles. The number of carbonyl (C=O) groups excluding carboxylic acids is 2. The van der Waals surface area contributed by atoms with Gasteiger partial charge in [0, 0.05) is 24.0 Å². The van der Waals surface area contributed by atoms with Gasteiger partial charge in [-0.3, -0.25) is 13.9 Å². The van der Waals surface area contributed by atoms with Crippen LogP contribution in [0.25, 0.3) is 0 Å². The first-order chi connectivity index (χ1) is 21.6. The van der Waals surface area contributed by atoms with Crippen LogP contribution in [0.1, 0.15) is 31.4 Å². The average Bonchev–Trinajstić information content (AvgIpc) is 3.05. The van der Waals surface area contributed by atoms with E-state index in [0.717, 1.165) is 9.87 Å². The maximum absolute atomic E-state index is 14.6. The predicted octanol–water partition coefficient (Wildman–Crippen LogP) is 6.10. The number of para-hydroxylation sites is 2. The minimum Gasteiger partial charge on any atom is -0.495 e. The van der Waals surface area contributed by atoms with E-state index in [1.807, 2.05) is 50.2 Å². The van der Waals surface area contributed by atoms with Crippen LogP contribution in [0.4, 0.5) is 5.69 Å². The van der Waals surface area contributed by atoms with Crippen LogP contribution >= 0.6 is 11.6 Å². The molecular weight excluding hydrogens is 610 g/mol. The fraction of sp³-hybridized carbons (Fsp3) is 0.257. The molecule has 0 aliphatic rings. The first-order valence-corrected chi connectivity index (χ1v) is 16.5. The summed E-state index contributed by atoms with van der Waals surface area (Å²) in [5.74, 6) is -0.625. The van der Waals surface area contributed by atoms with Crippen molar-refractivity contribution >= 4 is 39.1 Å². The number of anilines is 1. The minimum absolute atomic E-state index is 0.0143. The zero-order valence-electron chi connectivity index (χ0n) is 25.6. The standard InChI is InChI=1S/C35H38ClN3O5S/c1-4-26(2)37-35(41)32(23-27-14-7-5-8-15-27)38(24-28-16-13-17-29(36)22-28)34(40)25-39(31-20-11-12-21-33(31)44-3)45(42,43)30-18-9-6-10-19-30/h5-22,26,32H,4,23-25H2,1-3H3,(H,37,41)/t26-,32+/m1/s1. The average molecular weight is 648 g/mol. The number of halogens is 1. The molecule has 0 radical (unpaired) electrons. The van der Waals surface area contributed by atoms with Gasteiger partial charge in [-0.05, 0) is 60.9 Å². The van der Waals surface area contributed by atoms with Gasteiger partial charge in [-0.15, -0.1) is 0 Å². The smallest absolute Gasteiger partial charge is 0.264 e. The Morgan fingerprint density at radius 3 is 2.13 bits per heavy atom. The van der Waals surface area contributed by atoms with Crippen molar-refractivity contribution in [3.63, 3.8) is 0 Å². The molecule has 0 aliphatic carbocycles. The lowest BCUT2D eigenvalue weighted by molar-refractivity contribution is -0.140. The molecule has 0 aromatic heterocycles. The summed E-state index contributed by atoms with van der Waals surface area (Å²) >= 11 is 6.31. The molecule has 0 saturated heterocycles. The van der Waals surface area contributed by atoms with E-state index in [1.165, 1.54) is 24.1 Å². The van der Waals surface area contributed by atoms with Crippen molar-refractivity contribution in [2.75, 3.05) is 18.0 Å². The Balaban J connectivity index is 1.83. The zero-order chi connectivity index (χ0) is 32.4. The molecule has 236 valence electrons. The normalized spacial score (nSPS) is 12.5. The molecule has 8 nitrogen and oxygen atoms in total. The molecular formula is C35H38ClN3O5S. The highest BCUT2D eigenvalue weighted by atomic mass is 35.5. The second-order valence-electron chi connectivity index (χ2n) is 10.7. The highest BCUT2D eigenvalue weighted by Crippen LogP contribution is 2.32. The van der Waals surface area contributed by atoms with Gasteiger partial charge >= 0.3 is 0 Å². The van der Waals surface area contributed by atoms with Gasteiger partial charge in [0.15, 0.2) is 0 Å². The fourth-order valence-electron chi connectivity index (χ4n) is 4.90. The molecule has 2 atom stereocenters. The van der Waals surface area contributed by atoms with Crippen molar-refractivity contribution in [3.05, 3.63) is 125 Å². The summed E-state index contributed by atoms with van der Waals surface area (Å²) in [6, 6.07) is 29.9.